The van der Waals surface area contributed by atoms with E-state index >= 15 is 0 Å². The number of amides is 1. The first-order valence-corrected chi connectivity index (χ1v) is 4.78. The summed E-state index contributed by atoms with van der Waals surface area (Å²) in [5.74, 6) is -2.58. The van der Waals surface area contributed by atoms with Crippen molar-refractivity contribution in [3.8, 4) is 0 Å². The monoisotopic (exact) mass is 221 g/mol. The normalized spacial score (nSPS) is 26.0. The van der Waals surface area contributed by atoms with Crippen molar-refractivity contribution in [2.45, 2.75) is 38.2 Å². The van der Waals surface area contributed by atoms with E-state index in [1.165, 1.54) is 0 Å². The second-order valence-electron chi connectivity index (χ2n) is 3.58. The number of carboxylic acid groups (broad SMARTS) is 1. The number of carbonyl (C=O) groups is 2. The molecule has 15 heavy (non-hydrogen) atoms. The zero-order valence-electron chi connectivity index (χ0n) is 8.37. The molecule has 1 saturated heterocycles. The van der Waals surface area contributed by atoms with Crippen LogP contribution < -0.4 is 0 Å². The molecule has 6 heteroatoms. The molecule has 1 unspecified atom stereocenters. The molecule has 0 bridgehead atoms. The van der Waals surface area contributed by atoms with E-state index in [0.717, 1.165) is 4.90 Å². The largest absolute Gasteiger partial charge is 0.479 e. The number of hydrogen-bond donors (Lipinski definition) is 1. The summed E-state index contributed by atoms with van der Waals surface area (Å²) in [6, 6.07) is 0. The highest BCUT2D eigenvalue weighted by atomic mass is 19.3. The summed E-state index contributed by atoms with van der Waals surface area (Å²) >= 11 is 0. The maximum absolute atomic E-state index is 12.2. The Balaban J connectivity index is 2.97. The molecular formula is C9H13F2NO3. The van der Waals surface area contributed by atoms with E-state index in [1.54, 1.807) is 6.92 Å². The lowest BCUT2D eigenvalue weighted by molar-refractivity contribution is -0.161. The SMILES string of the molecule is CCC1(C(=O)O)CCCN1C(=O)C(F)F. The number of rotatable bonds is 3. The second-order valence-corrected chi connectivity index (χ2v) is 3.58. The van der Waals surface area contributed by atoms with Crippen LogP contribution in [-0.2, 0) is 9.59 Å². The van der Waals surface area contributed by atoms with Gasteiger partial charge >= 0.3 is 12.4 Å². The van der Waals surface area contributed by atoms with Crippen LogP contribution in [0.3, 0.4) is 0 Å². The number of hydrogen-bond acceptors (Lipinski definition) is 2. The molecule has 1 amide bonds. The van der Waals surface area contributed by atoms with Gasteiger partial charge in [0.1, 0.15) is 5.54 Å². The Hall–Kier alpha value is -1.20. The third-order valence-electron chi connectivity index (χ3n) is 2.92. The summed E-state index contributed by atoms with van der Waals surface area (Å²) in [5.41, 5.74) is -1.42. The predicted molar refractivity (Wildman–Crippen MR) is 47.6 cm³/mol. The molecule has 0 radical (unpaired) electrons. The van der Waals surface area contributed by atoms with E-state index in [2.05, 4.69) is 0 Å². The van der Waals surface area contributed by atoms with Gasteiger partial charge in [-0.05, 0) is 19.3 Å². The van der Waals surface area contributed by atoms with Crippen LogP contribution in [0.4, 0.5) is 8.78 Å². The maximum atomic E-state index is 12.2. The maximum Gasteiger partial charge on any atom is 0.329 e. The minimum atomic E-state index is -3.13. The molecule has 86 valence electrons. The molecule has 0 aliphatic carbocycles. The zero-order valence-corrected chi connectivity index (χ0v) is 8.37. The predicted octanol–water partition coefficient (Wildman–Crippen LogP) is 1.11. The van der Waals surface area contributed by atoms with Crippen LogP contribution in [0.25, 0.3) is 0 Å². The number of carbonyl (C=O) groups excluding carboxylic acids is 1. The third-order valence-corrected chi connectivity index (χ3v) is 2.92. The lowest BCUT2D eigenvalue weighted by Crippen LogP contribution is -2.54. The van der Waals surface area contributed by atoms with Gasteiger partial charge in [0.05, 0.1) is 0 Å². The molecule has 1 aliphatic rings. The summed E-state index contributed by atoms with van der Waals surface area (Å²) in [7, 11) is 0. The summed E-state index contributed by atoms with van der Waals surface area (Å²) in [6.07, 6.45) is -2.27. The van der Waals surface area contributed by atoms with Crippen LogP contribution >= 0.6 is 0 Å². The van der Waals surface area contributed by atoms with Crippen molar-refractivity contribution in [1.29, 1.82) is 0 Å². The topological polar surface area (TPSA) is 57.6 Å². The van der Waals surface area contributed by atoms with Gasteiger partial charge in [-0.25, -0.2) is 4.79 Å². The number of alkyl halides is 2. The molecule has 1 atom stereocenters. The second kappa shape index (κ2) is 4.12. The third kappa shape index (κ3) is 1.80. The Labute approximate surface area is 85.9 Å². The number of likely N-dealkylation sites (tertiary alicyclic amines) is 1. The van der Waals surface area contributed by atoms with Gasteiger partial charge in [0.2, 0.25) is 0 Å². The van der Waals surface area contributed by atoms with Gasteiger partial charge in [0, 0.05) is 6.54 Å². The Morgan fingerprint density at radius 1 is 1.53 bits per heavy atom. The average Bonchev–Trinajstić information content (AvgIpc) is 2.60. The highest BCUT2D eigenvalue weighted by molar-refractivity contribution is 5.89. The molecule has 1 N–H and O–H groups in total. The van der Waals surface area contributed by atoms with Crippen molar-refractivity contribution in [3.05, 3.63) is 0 Å². The van der Waals surface area contributed by atoms with Gasteiger partial charge in [0.25, 0.3) is 5.91 Å². The van der Waals surface area contributed by atoms with Gasteiger partial charge in [0.15, 0.2) is 0 Å². The molecule has 0 aromatic heterocycles. The van der Waals surface area contributed by atoms with Crippen LogP contribution in [-0.4, -0.2) is 40.4 Å². The number of halogens is 2. The number of carboxylic acids is 1. The van der Waals surface area contributed by atoms with E-state index in [4.69, 9.17) is 5.11 Å². The molecular weight excluding hydrogens is 208 g/mol. The van der Waals surface area contributed by atoms with E-state index < -0.39 is 23.8 Å². The van der Waals surface area contributed by atoms with Gasteiger partial charge in [-0.3, -0.25) is 4.79 Å². The first kappa shape index (κ1) is 11.9. The van der Waals surface area contributed by atoms with Crippen LogP contribution in [0.2, 0.25) is 0 Å². The summed E-state index contributed by atoms with van der Waals surface area (Å²) in [6.45, 7) is 1.69. The van der Waals surface area contributed by atoms with E-state index in [0.29, 0.717) is 6.42 Å². The Morgan fingerprint density at radius 2 is 2.13 bits per heavy atom. The number of nitrogens with zero attached hydrogens (tertiary/aromatic N) is 1. The first-order valence-electron chi connectivity index (χ1n) is 4.78. The van der Waals surface area contributed by atoms with Crippen LogP contribution in [0.1, 0.15) is 26.2 Å². The average molecular weight is 221 g/mol. The highest BCUT2D eigenvalue weighted by Gasteiger charge is 2.50. The molecule has 1 heterocycles. The minimum absolute atomic E-state index is 0.101. The molecule has 0 spiro atoms. The van der Waals surface area contributed by atoms with Crippen LogP contribution in [0.15, 0.2) is 0 Å². The molecule has 1 fully saturated rings. The van der Waals surface area contributed by atoms with Crippen molar-refractivity contribution < 1.29 is 23.5 Å². The fraction of sp³-hybridized carbons (Fsp3) is 0.778. The Kier molecular flexibility index (Phi) is 3.26. The summed E-state index contributed by atoms with van der Waals surface area (Å²) < 4.78 is 24.5. The molecule has 4 nitrogen and oxygen atoms in total. The van der Waals surface area contributed by atoms with Gasteiger partial charge in [-0.1, -0.05) is 6.92 Å². The molecule has 1 aliphatic heterocycles. The van der Waals surface area contributed by atoms with Gasteiger partial charge in [-0.15, -0.1) is 0 Å². The standard InChI is InChI=1S/C9H13F2NO3/c1-2-9(8(14)15)4-3-5-12(9)7(13)6(10)11/h6H,2-5H2,1H3,(H,14,15). The van der Waals surface area contributed by atoms with Crippen molar-refractivity contribution in [2.24, 2.45) is 0 Å². The Bertz CT molecular complexity index is 283. The fourth-order valence-corrected chi connectivity index (χ4v) is 2.06. The molecule has 1 rings (SSSR count). The Morgan fingerprint density at radius 3 is 2.53 bits per heavy atom. The molecule has 0 aromatic carbocycles. The molecule has 0 aromatic rings. The van der Waals surface area contributed by atoms with Crippen molar-refractivity contribution in [1.82, 2.24) is 4.90 Å². The van der Waals surface area contributed by atoms with Gasteiger partial charge < -0.3 is 10.0 Å². The fourth-order valence-electron chi connectivity index (χ4n) is 2.06. The van der Waals surface area contributed by atoms with Crippen LogP contribution in [0.5, 0.6) is 0 Å². The quantitative estimate of drug-likeness (QED) is 0.776. The highest BCUT2D eigenvalue weighted by Crippen LogP contribution is 2.33. The first-order chi connectivity index (χ1) is 6.95. The van der Waals surface area contributed by atoms with E-state index in [1.807, 2.05) is 0 Å². The van der Waals surface area contributed by atoms with E-state index in [-0.39, 0.29) is 19.4 Å². The number of aliphatic carboxylic acids is 1. The lowest BCUT2D eigenvalue weighted by Gasteiger charge is -2.33. The van der Waals surface area contributed by atoms with Gasteiger partial charge in [-0.2, -0.15) is 8.78 Å². The minimum Gasteiger partial charge on any atom is -0.479 e. The van der Waals surface area contributed by atoms with E-state index in [9.17, 15) is 18.4 Å². The summed E-state index contributed by atoms with van der Waals surface area (Å²) in [5, 5.41) is 9.03. The lowest BCUT2D eigenvalue weighted by atomic mass is 9.93. The van der Waals surface area contributed by atoms with Crippen molar-refractivity contribution >= 4 is 11.9 Å². The summed E-state index contributed by atoms with van der Waals surface area (Å²) in [4.78, 5) is 23.0. The zero-order chi connectivity index (χ0) is 11.6. The molecule has 0 saturated carbocycles. The van der Waals surface area contributed by atoms with Crippen LogP contribution in [0, 0.1) is 0 Å². The van der Waals surface area contributed by atoms with Crippen molar-refractivity contribution in [2.75, 3.05) is 6.54 Å². The van der Waals surface area contributed by atoms with Crippen molar-refractivity contribution in [3.63, 3.8) is 0 Å². The smallest absolute Gasteiger partial charge is 0.329 e.